The van der Waals surface area contributed by atoms with Gasteiger partial charge in [-0.3, -0.25) is 9.80 Å². The first-order valence-corrected chi connectivity index (χ1v) is 25.5. The topological polar surface area (TPSA) is 128 Å². The van der Waals surface area contributed by atoms with Crippen molar-refractivity contribution in [3.8, 4) is 23.0 Å². The number of hydrogen-bond acceptors (Lipinski definition) is 10. The maximum absolute atomic E-state index is 14.1. The minimum absolute atomic E-state index is 0.0442. The van der Waals surface area contributed by atoms with Crippen LogP contribution in [0.2, 0.25) is 0 Å². The van der Waals surface area contributed by atoms with Crippen molar-refractivity contribution in [2.45, 2.75) is 89.5 Å². The van der Waals surface area contributed by atoms with Crippen LogP contribution < -0.4 is 18.9 Å². The van der Waals surface area contributed by atoms with Crippen molar-refractivity contribution in [3.63, 3.8) is 0 Å². The Morgan fingerprint density at radius 2 is 0.958 bits per heavy atom. The fraction of sp³-hybridized carbons (Fsp3) is 0.367. The number of benzene rings is 6. The summed E-state index contributed by atoms with van der Waals surface area (Å²) in [7, 11) is 3.43. The van der Waals surface area contributed by atoms with Gasteiger partial charge in [-0.1, -0.05) is 60.7 Å². The fourth-order valence-electron chi connectivity index (χ4n) is 11.3. The van der Waals surface area contributed by atoms with E-state index in [9.17, 15) is 9.59 Å². The summed E-state index contributed by atoms with van der Waals surface area (Å²) < 4.78 is 36.7. The molecule has 0 amide bonds. The van der Waals surface area contributed by atoms with Gasteiger partial charge in [0.2, 0.25) is 0 Å². The predicted octanol–water partition coefficient (Wildman–Crippen LogP) is 11.4. The minimum atomic E-state index is -1.06. The summed E-state index contributed by atoms with van der Waals surface area (Å²) >= 11 is 0. The van der Waals surface area contributed by atoms with Crippen molar-refractivity contribution in [1.82, 2.24) is 19.8 Å². The number of nitrogens with one attached hydrogen (secondary N) is 2. The molecule has 4 heterocycles. The van der Waals surface area contributed by atoms with Crippen LogP contribution in [-0.2, 0) is 19.1 Å². The summed E-state index contributed by atoms with van der Waals surface area (Å²) in [6, 6.07) is 41.7. The number of H-pyrrole nitrogens is 2. The van der Waals surface area contributed by atoms with Crippen LogP contribution in [0.4, 0.5) is 0 Å². The lowest BCUT2D eigenvalue weighted by molar-refractivity contribution is -0.177. The lowest BCUT2D eigenvalue weighted by Gasteiger charge is -2.39. The molecule has 2 fully saturated rings. The Morgan fingerprint density at radius 3 is 1.38 bits per heavy atom. The van der Waals surface area contributed by atoms with E-state index >= 15 is 0 Å². The standard InChI is InChI=1S/C60H66N4O8/c1-37-27-51-53(61-37)13-9-17-57(51)69-35-47(33-63-25-23-45(29-39(63)3)43-21-19-41-11-7-15-55(67-5)49(41)31-43)71-59(65)60(66)72-48(36-70-58-18-10-14-54-52(58)28-38(2)62-54)34-64-26-24-46(30-40(64)4)44-22-20-42-12-8-16-56(68-6)50(42)32-44/h7-22,27-28,31-32,39-40,45-48,61-62H,23-26,29-30,33-36H2,1-6H3/t39-,40-,45+,46+,47-,48-/m0/s1. The normalized spacial score (nSPS) is 19.6. The van der Waals surface area contributed by atoms with Gasteiger partial charge >= 0.3 is 11.9 Å². The molecule has 72 heavy (non-hydrogen) atoms. The zero-order valence-corrected chi connectivity index (χ0v) is 42.2. The van der Waals surface area contributed by atoms with Crippen LogP contribution in [0.1, 0.15) is 73.9 Å². The Bertz CT molecular complexity index is 3000. The number of esters is 2. The Hall–Kier alpha value is -7.02. The average molecular weight is 971 g/mol. The van der Waals surface area contributed by atoms with E-state index in [2.05, 4.69) is 82.1 Å². The number of piperidine rings is 2. The van der Waals surface area contributed by atoms with Crippen molar-refractivity contribution in [2.24, 2.45) is 0 Å². The predicted molar refractivity (Wildman–Crippen MR) is 284 cm³/mol. The number of methoxy groups -OCH3 is 2. The monoisotopic (exact) mass is 970 g/mol. The molecule has 12 heteroatoms. The first-order chi connectivity index (χ1) is 35.0. The molecule has 2 aliphatic heterocycles. The molecule has 10 rings (SSSR count). The number of carbonyl (C=O) groups excluding carboxylic acids is 2. The number of aryl methyl sites for hydroxylation is 2. The van der Waals surface area contributed by atoms with E-state index in [1.165, 1.54) is 11.1 Å². The van der Waals surface area contributed by atoms with E-state index in [-0.39, 0.29) is 25.3 Å². The second-order valence-electron chi connectivity index (χ2n) is 20.0. The lowest BCUT2D eigenvalue weighted by atomic mass is 9.85. The fourth-order valence-corrected chi connectivity index (χ4v) is 11.3. The van der Waals surface area contributed by atoms with E-state index in [4.69, 9.17) is 28.4 Å². The molecule has 0 bridgehead atoms. The Balaban J connectivity index is 0.846. The number of hydrogen-bond donors (Lipinski definition) is 2. The molecule has 2 N–H and O–H groups in total. The van der Waals surface area contributed by atoms with Crippen LogP contribution in [0.15, 0.2) is 121 Å². The molecule has 12 nitrogen and oxygen atoms in total. The van der Waals surface area contributed by atoms with Crippen molar-refractivity contribution in [3.05, 3.63) is 144 Å². The van der Waals surface area contributed by atoms with Crippen LogP contribution in [0.5, 0.6) is 23.0 Å². The van der Waals surface area contributed by atoms with Gasteiger partial charge < -0.3 is 38.4 Å². The number of rotatable bonds is 16. The third kappa shape index (κ3) is 10.6. The third-order valence-electron chi connectivity index (χ3n) is 15.1. The van der Waals surface area contributed by atoms with Crippen molar-refractivity contribution in [2.75, 3.05) is 53.6 Å². The number of ether oxygens (including phenoxy) is 6. The summed E-state index contributed by atoms with van der Waals surface area (Å²) in [5.74, 6) is 1.64. The van der Waals surface area contributed by atoms with Gasteiger partial charge in [0.25, 0.3) is 0 Å². The van der Waals surface area contributed by atoms with E-state index < -0.39 is 24.1 Å². The van der Waals surface area contributed by atoms with Crippen molar-refractivity contribution >= 4 is 55.3 Å². The molecular formula is C60H66N4O8. The first-order valence-electron chi connectivity index (χ1n) is 25.5. The molecule has 0 aliphatic carbocycles. The number of likely N-dealkylation sites (tertiary alicyclic amines) is 2. The van der Waals surface area contributed by atoms with Gasteiger partial charge in [-0.25, -0.2) is 9.59 Å². The molecule has 8 aromatic rings. The molecule has 0 spiro atoms. The lowest BCUT2D eigenvalue weighted by Crippen LogP contribution is -2.48. The Kier molecular flexibility index (Phi) is 14.4. The summed E-state index contributed by atoms with van der Waals surface area (Å²) in [5.41, 5.74) is 6.49. The zero-order chi connectivity index (χ0) is 49.9. The molecule has 6 atom stereocenters. The van der Waals surface area contributed by atoms with Gasteiger partial charge in [0.05, 0.1) is 14.2 Å². The Morgan fingerprint density at radius 1 is 0.542 bits per heavy atom. The molecule has 0 unspecified atom stereocenters. The quantitative estimate of drug-likeness (QED) is 0.0713. The zero-order valence-electron chi connectivity index (χ0n) is 42.2. The summed E-state index contributed by atoms with van der Waals surface area (Å²) in [6.45, 7) is 10.8. The largest absolute Gasteiger partial charge is 0.496 e. The number of fused-ring (bicyclic) bond motifs is 4. The molecule has 374 valence electrons. The molecule has 0 saturated carbocycles. The SMILES string of the molecule is COc1cccc2ccc([C@@H]3CCN(C[C@@H](COc4cccc5[nH]c(C)cc45)OC(=O)C(=O)O[C@H](COc4cccc5[nH]c(C)cc45)CN4CC[C@@H](c5ccc6cccc(OC)c6c5)C[C@@H]4C)[C@@H](C)C3)cc12. The minimum Gasteiger partial charge on any atom is -0.496 e. The molecular weight excluding hydrogens is 905 g/mol. The highest BCUT2D eigenvalue weighted by Gasteiger charge is 2.34. The first kappa shape index (κ1) is 48.6. The van der Waals surface area contributed by atoms with Crippen LogP contribution in [0, 0.1) is 13.8 Å². The summed E-state index contributed by atoms with van der Waals surface area (Å²) in [6.07, 6.45) is 2.11. The molecule has 6 aromatic carbocycles. The number of aromatic nitrogens is 2. The Labute approximate surface area is 421 Å². The average Bonchev–Trinajstić information content (AvgIpc) is 3.98. The van der Waals surface area contributed by atoms with Crippen molar-refractivity contribution < 1.29 is 38.0 Å². The van der Waals surface area contributed by atoms with Gasteiger partial charge in [0.15, 0.2) is 0 Å². The second kappa shape index (κ2) is 21.4. The number of aromatic amines is 2. The van der Waals surface area contributed by atoms with E-state index in [0.717, 1.165) is 105 Å². The van der Waals surface area contributed by atoms with Gasteiger partial charge in [-0.05, 0) is 161 Å². The molecule has 2 aliphatic rings. The van der Waals surface area contributed by atoms with Gasteiger partial charge in [-0.2, -0.15) is 0 Å². The van der Waals surface area contributed by atoms with Crippen LogP contribution in [0.25, 0.3) is 43.4 Å². The van der Waals surface area contributed by atoms with E-state index in [0.29, 0.717) is 36.4 Å². The third-order valence-corrected chi connectivity index (χ3v) is 15.1. The maximum Gasteiger partial charge on any atom is 0.417 e. The molecule has 0 radical (unpaired) electrons. The van der Waals surface area contributed by atoms with E-state index in [1.54, 1.807) is 14.2 Å². The number of nitrogens with zero attached hydrogens (tertiary/aromatic N) is 2. The summed E-state index contributed by atoms with van der Waals surface area (Å²) in [5, 5.41) is 6.38. The molecule has 2 saturated heterocycles. The highest BCUT2D eigenvalue weighted by Crippen LogP contribution is 2.38. The van der Waals surface area contributed by atoms with E-state index in [1.807, 2.05) is 86.6 Å². The van der Waals surface area contributed by atoms with Gasteiger partial charge in [-0.15, -0.1) is 0 Å². The summed E-state index contributed by atoms with van der Waals surface area (Å²) in [4.78, 5) is 39.7. The number of carbonyl (C=O) groups is 2. The smallest absolute Gasteiger partial charge is 0.417 e. The highest BCUT2D eigenvalue weighted by molar-refractivity contribution is 6.29. The van der Waals surface area contributed by atoms with Gasteiger partial charge in [0, 0.05) is 69.1 Å². The van der Waals surface area contributed by atoms with Crippen molar-refractivity contribution in [1.29, 1.82) is 0 Å². The highest BCUT2D eigenvalue weighted by atomic mass is 16.6. The van der Waals surface area contributed by atoms with Crippen LogP contribution in [-0.4, -0.2) is 110 Å². The second-order valence-corrected chi connectivity index (χ2v) is 20.0. The molecule has 2 aromatic heterocycles. The van der Waals surface area contributed by atoms with Crippen LogP contribution in [0.3, 0.4) is 0 Å². The maximum atomic E-state index is 14.1. The van der Waals surface area contributed by atoms with Gasteiger partial charge in [0.1, 0.15) is 48.4 Å². The van der Waals surface area contributed by atoms with Crippen LogP contribution >= 0.6 is 0 Å².